The molecule has 2 heterocycles. The molecule has 0 aromatic heterocycles. The molecular weight excluding hydrogens is 804 g/mol. The maximum Gasteiger partial charge on any atom is 0.598 e. The Morgan fingerprint density at radius 1 is 0.850 bits per heavy atom. The topological polar surface area (TPSA) is 86.9 Å². The van der Waals surface area contributed by atoms with Gasteiger partial charge in [-0.2, -0.15) is 17.3 Å². The Hall–Kier alpha value is -4.36. The van der Waals surface area contributed by atoms with E-state index in [9.17, 15) is 30.7 Å². The van der Waals surface area contributed by atoms with Crippen LogP contribution in [0.4, 0.5) is 24.5 Å². The lowest BCUT2D eigenvalue weighted by atomic mass is 9.79. The fourth-order valence-electron chi connectivity index (χ4n) is 9.67. The molecule has 1 aliphatic carbocycles. The molecule has 60 heavy (non-hydrogen) atoms. The van der Waals surface area contributed by atoms with Crippen LogP contribution in [-0.2, 0) is 32.3 Å². The average molecular weight is 859 g/mol. The van der Waals surface area contributed by atoms with Crippen LogP contribution in [-0.4, -0.2) is 63.5 Å². The second kappa shape index (κ2) is 16.8. The van der Waals surface area contributed by atoms with Gasteiger partial charge in [-0.05, 0) is 102 Å². The Kier molecular flexibility index (Phi) is 12.3. The number of nitrogens with zero attached hydrogens (tertiary/aromatic N) is 3. The Balaban J connectivity index is 1.33. The predicted octanol–water partition coefficient (Wildman–Crippen LogP) is 11.6. The van der Waals surface area contributed by atoms with Crippen molar-refractivity contribution >= 4 is 60.1 Å². The van der Waals surface area contributed by atoms with E-state index in [1.54, 1.807) is 0 Å². The number of hydrogen-bond donors (Lipinski definition) is 1. The van der Waals surface area contributed by atoms with E-state index in [4.69, 9.17) is 0 Å². The molecule has 0 amide bonds. The first kappa shape index (κ1) is 43.7. The van der Waals surface area contributed by atoms with Crippen molar-refractivity contribution in [2.75, 3.05) is 30.8 Å². The zero-order valence-electron chi connectivity index (χ0n) is 35.3. The summed E-state index contributed by atoms with van der Waals surface area (Å²) >= 11 is -3.30. The number of unbranched alkanes of at least 4 members (excludes halogenated alkanes) is 3. The number of alkyl halides is 3. The molecule has 4 aromatic rings. The molecule has 0 fully saturated rings. The van der Waals surface area contributed by atoms with Crippen molar-refractivity contribution < 1.29 is 35.3 Å². The molecule has 0 saturated carbocycles. The van der Waals surface area contributed by atoms with Gasteiger partial charge in [0.15, 0.2) is 17.1 Å². The smallest absolute Gasteiger partial charge is 0.585 e. The lowest BCUT2D eigenvalue weighted by Gasteiger charge is -2.27. The molecule has 0 saturated heterocycles. The van der Waals surface area contributed by atoms with Crippen LogP contribution < -0.4 is 4.90 Å². The zero-order chi connectivity index (χ0) is 43.2. The lowest BCUT2D eigenvalue weighted by molar-refractivity contribution is -0.438. The third-order valence-corrected chi connectivity index (χ3v) is 14.3. The maximum atomic E-state index is 14.2. The van der Waals surface area contributed by atoms with E-state index in [2.05, 4.69) is 105 Å². The predicted molar refractivity (Wildman–Crippen MR) is 240 cm³/mol. The molecule has 0 spiro atoms. The van der Waals surface area contributed by atoms with Crippen LogP contribution in [0.3, 0.4) is 0 Å². The van der Waals surface area contributed by atoms with E-state index in [0.717, 1.165) is 74.6 Å². The molecular formula is C48H55F3N3O4S2+. The Morgan fingerprint density at radius 3 is 2.15 bits per heavy atom. The highest BCUT2D eigenvalue weighted by atomic mass is 32.2. The van der Waals surface area contributed by atoms with E-state index in [0.29, 0.717) is 42.7 Å². The number of rotatable bonds is 14. The third-order valence-electron chi connectivity index (χ3n) is 12.4. The summed E-state index contributed by atoms with van der Waals surface area (Å²) in [6, 6.07) is 25.0. The van der Waals surface area contributed by atoms with Crippen molar-refractivity contribution in [3.63, 3.8) is 0 Å². The molecule has 1 N–H and O–H groups in total. The summed E-state index contributed by atoms with van der Waals surface area (Å²) in [5.41, 5.74) is 2.17. The van der Waals surface area contributed by atoms with Crippen LogP contribution in [0.25, 0.3) is 21.5 Å². The number of fused-ring (bicyclic) bond motifs is 6. The van der Waals surface area contributed by atoms with Crippen molar-refractivity contribution in [1.29, 1.82) is 0 Å². The van der Waals surface area contributed by atoms with Gasteiger partial charge in [0, 0.05) is 47.5 Å². The molecule has 1 unspecified atom stereocenters. The van der Waals surface area contributed by atoms with Gasteiger partial charge in [0.25, 0.3) is 10.1 Å². The van der Waals surface area contributed by atoms with Crippen LogP contribution in [0.5, 0.6) is 0 Å². The molecule has 3 aliphatic rings. The molecule has 7 nitrogen and oxygen atoms in total. The van der Waals surface area contributed by atoms with Gasteiger partial charge in [-0.3, -0.25) is 4.55 Å². The highest BCUT2D eigenvalue weighted by molar-refractivity contribution is 7.90. The summed E-state index contributed by atoms with van der Waals surface area (Å²) < 4.78 is 91.5. The van der Waals surface area contributed by atoms with Crippen LogP contribution in [0.1, 0.15) is 90.7 Å². The first-order chi connectivity index (χ1) is 28.4. The van der Waals surface area contributed by atoms with Crippen LogP contribution in [0, 0.1) is 0 Å². The first-order valence-electron chi connectivity index (χ1n) is 20.8. The van der Waals surface area contributed by atoms with Gasteiger partial charge in [0.1, 0.15) is 6.54 Å². The highest BCUT2D eigenvalue weighted by Crippen LogP contribution is 2.51. The number of benzene rings is 4. The summed E-state index contributed by atoms with van der Waals surface area (Å²) in [6.45, 7) is 12.1. The standard InChI is InChI=1S/C48H54F3N3O4S2/c1-7-8-13-30-53-39-26-22-33-16-9-11-18-37(33)43(39)46(2,3)41(53)28-24-35-20-21-36(45(35)52(6)59(55)48(49,50)51)25-29-42-47(4,5)44-38-19-12-10-17-34(38)23-27-40(44)54(42)31-14-15-32-60(56,57)58/h9-12,16-19,22-29H,7-8,13-15,20-21,30-32H2,1-6H3/p+1. The van der Waals surface area contributed by atoms with Crippen molar-refractivity contribution in [1.82, 2.24) is 4.31 Å². The van der Waals surface area contributed by atoms with Gasteiger partial charge in [0.2, 0.25) is 5.69 Å². The SMILES string of the molecule is CCCCC[N+]1=C(/C=C/C2=C(N(C)[S+]([O-])C(F)(F)F)C(=C/C=C3/N(CCCCS(=O)(=O)O)c4ccc5ccccc5c4C3(C)C)/CC2)C(C)(C)c2c1ccc1ccccc21. The number of anilines is 1. The van der Waals surface area contributed by atoms with Gasteiger partial charge in [0.05, 0.1) is 23.9 Å². The quantitative estimate of drug-likeness (QED) is 0.0588. The van der Waals surface area contributed by atoms with E-state index in [-0.39, 0.29) is 12.2 Å². The Bertz CT molecular complexity index is 2590. The third kappa shape index (κ3) is 8.32. The van der Waals surface area contributed by atoms with Crippen molar-refractivity contribution in [2.24, 2.45) is 0 Å². The molecule has 0 bridgehead atoms. The number of halogens is 3. The largest absolute Gasteiger partial charge is 0.598 e. The van der Waals surface area contributed by atoms with Gasteiger partial charge < -0.3 is 9.45 Å². The van der Waals surface area contributed by atoms with E-state index in [1.165, 1.54) is 18.0 Å². The maximum absolute atomic E-state index is 14.2. The first-order valence-corrected chi connectivity index (χ1v) is 23.6. The van der Waals surface area contributed by atoms with E-state index in [1.807, 2.05) is 36.4 Å². The normalized spacial score (nSPS) is 19.5. The van der Waals surface area contributed by atoms with Crippen LogP contribution in [0.15, 0.2) is 120 Å². The summed E-state index contributed by atoms with van der Waals surface area (Å²) in [6.07, 6.45) is 12.6. The van der Waals surface area contributed by atoms with Gasteiger partial charge in [-0.1, -0.05) is 93.9 Å². The summed E-state index contributed by atoms with van der Waals surface area (Å²) in [7, 11) is -2.86. The molecule has 7 rings (SSSR count). The summed E-state index contributed by atoms with van der Waals surface area (Å²) in [5.74, 6) is -0.347. The molecule has 4 aromatic carbocycles. The fourth-order valence-corrected chi connectivity index (χ4v) is 10.9. The summed E-state index contributed by atoms with van der Waals surface area (Å²) in [5, 5.41) is 4.50. The van der Waals surface area contributed by atoms with E-state index >= 15 is 0 Å². The molecule has 0 radical (unpaired) electrons. The van der Waals surface area contributed by atoms with Gasteiger partial charge >= 0.3 is 5.51 Å². The zero-order valence-corrected chi connectivity index (χ0v) is 36.9. The molecule has 12 heteroatoms. The Morgan fingerprint density at radius 2 is 1.50 bits per heavy atom. The van der Waals surface area contributed by atoms with Crippen LogP contribution >= 0.6 is 0 Å². The molecule has 2 aliphatic heterocycles. The fraction of sp³-hybridized carbons (Fsp3) is 0.396. The number of allylic oxidation sites excluding steroid dienone is 7. The van der Waals surface area contributed by atoms with E-state index < -0.39 is 37.8 Å². The number of likely N-dealkylation sites (N-methyl/N-ethyl adjacent to an activating group) is 1. The summed E-state index contributed by atoms with van der Waals surface area (Å²) in [4.78, 5) is 2.16. The second-order valence-electron chi connectivity index (χ2n) is 17.1. The minimum atomic E-state index is -4.96. The second-order valence-corrected chi connectivity index (χ2v) is 20.2. The average Bonchev–Trinajstić information content (AvgIpc) is 3.77. The number of hydrogen-bond acceptors (Lipinski definition) is 5. The molecule has 1 atom stereocenters. The van der Waals surface area contributed by atoms with Crippen molar-refractivity contribution in [2.45, 2.75) is 95.9 Å². The Labute approximate surface area is 355 Å². The van der Waals surface area contributed by atoms with Crippen LogP contribution in [0.2, 0.25) is 0 Å². The minimum absolute atomic E-state index is 0.261. The minimum Gasteiger partial charge on any atom is -0.585 e. The van der Waals surface area contributed by atoms with Gasteiger partial charge in [-0.15, -0.1) is 13.2 Å². The lowest BCUT2D eigenvalue weighted by Crippen LogP contribution is -2.38. The van der Waals surface area contributed by atoms with Crippen molar-refractivity contribution in [3.8, 4) is 0 Å². The van der Waals surface area contributed by atoms with Gasteiger partial charge in [-0.25, -0.2) is 0 Å². The highest BCUT2D eigenvalue weighted by Gasteiger charge is 2.51. The monoisotopic (exact) mass is 858 g/mol. The van der Waals surface area contributed by atoms with Crippen molar-refractivity contribution in [3.05, 3.63) is 131 Å². The molecule has 318 valence electrons.